The molecule has 0 fully saturated rings. The summed E-state index contributed by atoms with van der Waals surface area (Å²) in [4.78, 5) is 12.5. The van der Waals surface area contributed by atoms with Crippen molar-refractivity contribution in [2.75, 3.05) is 13.2 Å². The van der Waals surface area contributed by atoms with Crippen LogP contribution in [-0.4, -0.2) is 25.2 Å². The van der Waals surface area contributed by atoms with Crippen molar-refractivity contribution in [1.29, 1.82) is 0 Å². The summed E-state index contributed by atoms with van der Waals surface area (Å²) in [5.41, 5.74) is 0.311. The molecule has 0 saturated carbocycles. The van der Waals surface area contributed by atoms with Crippen LogP contribution < -0.4 is 0 Å². The van der Waals surface area contributed by atoms with Gasteiger partial charge in [0.25, 0.3) is 0 Å². The van der Waals surface area contributed by atoms with E-state index in [9.17, 15) is 18.0 Å². The van der Waals surface area contributed by atoms with Crippen LogP contribution in [0.3, 0.4) is 0 Å². The normalized spacial score (nSPS) is 21.9. The van der Waals surface area contributed by atoms with E-state index in [2.05, 4.69) is 13.5 Å². The van der Waals surface area contributed by atoms with Gasteiger partial charge in [-0.2, -0.15) is 13.2 Å². The van der Waals surface area contributed by atoms with Crippen LogP contribution in [0.4, 0.5) is 13.2 Å². The number of ether oxygens (including phenoxy) is 2. The van der Waals surface area contributed by atoms with Gasteiger partial charge in [0.2, 0.25) is 0 Å². The third-order valence-electron chi connectivity index (χ3n) is 7.22. The first-order valence-electron chi connectivity index (χ1n) is 13.2. The first-order chi connectivity index (χ1) is 16.6. The Bertz CT molecular complexity index is 892. The fourth-order valence-corrected chi connectivity index (χ4v) is 4.36. The zero-order chi connectivity index (χ0) is 27.3. The van der Waals surface area contributed by atoms with Crippen molar-refractivity contribution in [2.24, 2.45) is 22.7 Å². The molecule has 2 atom stereocenters. The Hall–Kier alpha value is -1.98. The Balaban J connectivity index is 2.34. The Morgan fingerprint density at radius 2 is 1.53 bits per heavy atom. The summed E-state index contributed by atoms with van der Waals surface area (Å²) in [7, 11) is 0. The van der Waals surface area contributed by atoms with E-state index in [1.165, 1.54) is 6.08 Å². The molecule has 0 amide bonds. The molecule has 0 heterocycles. The Labute approximate surface area is 215 Å². The number of hydrogen-bond donors (Lipinski definition) is 0. The summed E-state index contributed by atoms with van der Waals surface area (Å²) < 4.78 is 54.1. The minimum absolute atomic E-state index is 0.0669. The molecule has 6 heteroatoms. The van der Waals surface area contributed by atoms with Crippen molar-refractivity contribution in [1.82, 2.24) is 0 Å². The number of ketones is 1. The standard InChI is InChI=1S/C30H45F3O3/c1-9-10-11-12-13-14-21-15-24(30(31,32)33)23-17-26(35-18-20(2)28(3,4)5)25(16-22(21)23)36-19-27(34)29(6,7)8/h14-15,22-23H,2,9-13,16-19H2,1,3-8H3/b21-14+. The predicted molar refractivity (Wildman–Crippen MR) is 139 cm³/mol. The number of unbranched alkanes of at least 4 members (excludes halogenated alkanes) is 4. The van der Waals surface area contributed by atoms with Crippen LogP contribution >= 0.6 is 0 Å². The quantitative estimate of drug-likeness (QED) is 0.206. The first-order valence-corrected chi connectivity index (χ1v) is 13.2. The van der Waals surface area contributed by atoms with Crippen molar-refractivity contribution in [2.45, 2.75) is 99.6 Å². The molecular weight excluding hydrogens is 465 g/mol. The summed E-state index contributed by atoms with van der Waals surface area (Å²) in [5.74, 6) is -0.212. The molecule has 204 valence electrons. The van der Waals surface area contributed by atoms with Crippen molar-refractivity contribution < 1.29 is 27.4 Å². The van der Waals surface area contributed by atoms with Gasteiger partial charge in [-0.25, -0.2) is 0 Å². The van der Waals surface area contributed by atoms with E-state index in [0.717, 1.165) is 43.3 Å². The van der Waals surface area contributed by atoms with Gasteiger partial charge < -0.3 is 9.47 Å². The van der Waals surface area contributed by atoms with Gasteiger partial charge in [-0.3, -0.25) is 4.79 Å². The first kappa shape index (κ1) is 30.2. The summed E-state index contributed by atoms with van der Waals surface area (Å²) in [5, 5.41) is 0. The number of alkyl halides is 3. The molecular formula is C30H45F3O3. The number of hydrogen-bond acceptors (Lipinski definition) is 3. The lowest BCUT2D eigenvalue weighted by Gasteiger charge is -2.33. The van der Waals surface area contributed by atoms with Crippen LogP contribution in [0.2, 0.25) is 0 Å². The molecule has 0 saturated heterocycles. The number of fused-ring (bicyclic) bond motifs is 1. The maximum atomic E-state index is 14.0. The summed E-state index contributed by atoms with van der Waals surface area (Å²) in [6.07, 6.45) is 4.33. The third kappa shape index (κ3) is 8.27. The van der Waals surface area contributed by atoms with E-state index < -0.39 is 23.1 Å². The number of allylic oxidation sites excluding steroid dienone is 6. The van der Waals surface area contributed by atoms with Crippen LogP contribution in [-0.2, 0) is 14.3 Å². The Morgan fingerprint density at radius 1 is 0.944 bits per heavy atom. The molecule has 0 radical (unpaired) electrons. The monoisotopic (exact) mass is 510 g/mol. The van der Waals surface area contributed by atoms with Crippen molar-refractivity contribution >= 4 is 5.78 Å². The minimum atomic E-state index is -4.40. The molecule has 0 aromatic carbocycles. The van der Waals surface area contributed by atoms with Gasteiger partial charge in [0.05, 0.1) is 0 Å². The maximum Gasteiger partial charge on any atom is 0.413 e. The molecule has 0 aromatic rings. The Morgan fingerprint density at radius 3 is 2.06 bits per heavy atom. The van der Waals surface area contributed by atoms with E-state index in [-0.39, 0.29) is 43.2 Å². The van der Waals surface area contributed by atoms with Crippen LogP contribution in [0.5, 0.6) is 0 Å². The molecule has 2 aliphatic carbocycles. The summed E-state index contributed by atoms with van der Waals surface area (Å²) >= 11 is 0. The van der Waals surface area contributed by atoms with Crippen LogP contribution in [0.25, 0.3) is 0 Å². The van der Waals surface area contributed by atoms with Gasteiger partial charge in [-0.1, -0.05) is 86.5 Å². The van der Waals surface area contributed by atoms with Crippen LogP contribution in [0, 0.1) is 22.7 Å². The molecule has 2 unspecified atom stereocenters. The SMILES string of the molecule is C=C(COC1=C(OCC(=O)C(C)(C)C)CC2/C(=C/CCCCCC)C=C(C(F)(F)F)C2C1)C(C)(C)C. The molecule has 0 aromatic heterocycles. The Kier molecular flexibility index (Phi) is 10.1. The highest BCUT2D eigenvalue weighted by Crippen LogP contribution is 2.52. The molecule has 0 N–H and O–H groups in total. The third-order valence-corrected chi connectivity index (χ3v) is 7.22. The summed E-state index contributed by atoms with van der Waals surface area (Å²) in [6, 6.07) is 0. The molecule has 3 nitrogen and oxygen atoms in total. The van der Waals surface area contributed by atoms with Crippen molar-refractivity contribution in [3.63, 3.8) is 0 Å². The average molecular weight is 511 g/mol. The molecule has 36 heavy (non-hydrogen) atoms. The summed E-state index contributed by atoms with van der Waals surface area (Å²) in [6.45, 7) is 17.8. The smallest absolute Gasteiger partial charge is 0.413 e. The topological polar surface area (TPSA) is 35.5 Å². The number of rotatable bonds is 11. The highest BCUT2D eigenvalue weighted by Gasteiger charge is 2.49. The highest BCUT2D eigenvalue weighted by molar-refractivity contribution is 5.84. The second-order valence-corrected chi connectivity index (χ2v) is 12.2. The van der Waals surface area contributed by atoms with E-state index in [1.807, 2.05) is 47.6 Å². The lowest BCUT2D eigenvalue weighted by atomic mass is 9.78. The molecule has 0 aliphatic heterocycles. The van der Waals surface area contributed by atoms with Gasteiger partial charge in [0.1, 0.15) is 24.7 Å². The second-order valence-electron chi connectivity index (χ2n) is 12.2. The molecule has 0 bridgehead atoms. The fourth-order valence-electron chi connectivity index (χ4n) is 4.36. The lowest BCUT2D eigenvalue weighted by molar-refractivity contribution is -0.130. The van der Waals surface area contributed by atoms with Gasteiger partial charge in [-0.05, 0) is 35.3 Å². The van der Waals surface area contributed by atoms with Crippen LogP contribution in [0.15, 0.2) is 47.0 Å². The number of halogens is 3. The van der Waals surface area contributed by atoms with Crippen molar-refractivity contribution in [3.8, 4) is 0 Å². The largest absolute Gasteiger partial charge is 0.490 e. The van der Waals surface area contributed by atoms with E-state index in [0.29, 0.717) is 11.5 Å². The van der Waals surface area contributed by atoms with Crippen LogP contribution in [0.1, 0.15) is 93.4 Å². The van der Waals surface area contributed by atoms with E-state index in [4.69, 9.17) is 9.47 Å². The molecule has 2 aliphatic rings. The molecule has 2 rings (SSSR count). The van der Waals surface area contributed by atoms with Gasteiger partial charge in [0, 0.05) is 29.7 Å². The maximum absolute atomic E-state index is 14.0. The molecule has 0 spiro atoms. The average Bonchev–Trinajstić information content (AvgIpc) is 3.11. The van der Waals surface area contributed by atoms with Gasteiger partial charge >= 0.3 is 6.18 Å². The number of carbonyl (C=O) groups is 1. The lowest BCUT2D eigenvalue weighted by Crippen LogP contribution is -2.30. The van der Waals surface area contributed by atoms with E-state index >= 15 is 0 Å². The zero-order valence-corrected chi connectivity index (χ0v) is 23.2. The fraction of sp³-hybridized carbons (Fsp3) is 0.700. The van der Waals surface area contributed by atoms with Crippen molar-refractivity contribution in [3.05, 3.63) is 47.0 Å². The second kappa shape index (κ2) is 12.0. The minimum Gasteiger partial charge on any atom is -0.490 e. The van der Waals surface area contributed by atoms with E-state index in [1.54, 1.807) is 0 Å². The number of Topliss-reactive ketones (excluding diaryl/α,β-unsaturated/α-hetero) is 1. The number of carbonyl (C=O) groups excluding carboxylic acids is 1. The van der Waals surface area contributed by atoms with Gasteiger partial charge in [-0.15, -0.1) is 0 Å². The highest BCUT2D eigenvalue weighted by atomic mass is 19.4. The van der Waals surface area contributed by atoms with Gasteiger partial charge in [0.15, 0.2) is 5.78 Å². The predicted octanol–water partition coefficient (Wildman–Crippen LogP) is 8.87. The zero-order valence-electron chi connectivity index (χ0n) is 23.2.